The third-order valence-electron chi connectivity index (χ3n) is 2.86. The van der Waals surface area contributed by atoms with Crippen molar-refractivity contribution in [3.63, 3.8) is 0 Å². The number of hydrogen-bond acceptors (Lipinski definition) is 0. The lowest BCUT2D eigenvalue weighted by Gasteiger charge is -2.18. The molecule has 0 aromatic heterocycles. The van der Waals surface area contributed by atoms with Gasteiger partial charge >= 0.3 is 0 Å². The van der Waals surface area contributed by atoms with Crippen molar-refractivity contribution >= 4 is 0 Å². The van der Waals surface area contributed by atoms with E-state index in [0.717, 1.165) is 12.8 Å². The summed E-state index contributed by atoms with van der Waals surface area (Å²) in [6, 6.07) is 18.8. The molecule has 0 unspecified atom stereocenters. The summed E-state index contributed by atoms with van der Waals surface area (Å²) < 4.78 is 0. The van der Waals surface area contributed by atoms with E-state index in [0.29, 0.717) is 0 Å². The lowest BCUT2D eigenvalue weighted by Crippen LogP contribution is -2.06. The first kappa shape index (κ1) is 7.81. The van der Waals surface area contributed by atoms with Crippen LogP contribution in [0.5, 0.6) is 0 Å². The molecule has 0 N–H and O–H groups in total. The van der Waals surface area contributed by atoms with Crippen LogP contribution >= 0.6 is 0 Å². The fourth-order valence-corrected chi connectivity index (χ4v) is 2.08. The fraction of sp³-hybridized carbons (Fsp3) is 0.143. The van der Waals surface area contributed by atoms with Crippen LogP contribution in [-0.2, 0) is 12.8 Å². The lowest BCUT2D eigenvalue weighted by atomic mass is 9.86. The number of fused-ring (bicyclic) bond motifs is 2. The van der Waals surface area contributed by atoms with Crippen LogP contribution in [0.4, 0.5) is 0 Å². The van der Waals surface area contributed by atoms with E-state index in [1.54, 1.807) is 0 Å². The number of rotatable bonds is 0. The molecule has 1 aliphatic carbocycles. The zero-order valence-corrected chi connectivity index (χ0v) is 7.88. The molecule has 1 aliphatic rings. The van der Waals surface area contributed by atoms with Crippen molar-refractivity contribution in [2.45, 2.75) is 12.8 Å². The Balaban J connectivity index is 2.12. The van der Waals surface area contributed by atoms with Gasteiger partial charge in [-0.25, -0.2) is 0 Å². The molecule has 0 aliphatic heterocycles. The van der Waals surface area contributed by atoms with Crippen LogP contribution in [0.2, 0.25) is 0 Å². The molecule has 0 heteroatoms. The van der Waals surface area contributed by atoms with Crippen molar-refractivity contribution in [2.75, 3.05) is 0 Å². The number of benzene rings is 2. The van der Waals surface area contributed by atoms with Gasteiger partial charge in [-0.3, -0.25) is 0 Å². The van der Waals surface area contributed by atoms with Crippen LogP contribution < -0.4 is 0 Å². The average molecular weight is 178 g/mol. The Morgan fingerprint density at radius 2 is 1.21 bits per heavy atom. The van der Waals surface area contributed by atoms with Crippen LogP contribution in [0, 0.1) is 12.1 Å². The third kappa shape index (κ3) is 1.15. The van der Waals surface area contributed by atoms with Gasteiger partial charge in [0.15, 0.2) is 0 Å². The van der Waals surface area contributed by atoms with Gasteiger partial charge in [-0.2, -0.15) is 0 Å². The van der Waals surface area contributed by atoms with Crippen LogP contribution in [0.3, 0.4) is 0 Å². The van der Waals surface area contributed by atoms with Crippen molar-refractivity contribution in [1.82, 2.24) is 0 Å². The van der Waals surface area contributed by atoms with E-state index in [9.17, 15) is 0 Å². The van der Waals surface area contributed by atoms with Crippen molar-refractivity contribution in [3.05, 3.63) is 70.8 Å². The second-order valence-electron chi connectivity index (χ2n) is 3.74. The summed E-state index contributed by atoms with van der Waals surface area (Å²) in [4.78, 5) is 0. The van der Waals surface area contributed by atoms with Crippen LogP contribution in [0.25, 0.3) is 0 Å². The summed E-state index contributed by atoms with van der Waals surface area (Å²) >= 11 is 0. The highest BCUT2D eigenvalue weighted by molar-refractivity contribution is 5.44. The molecular weight excluding hydrogens is 168 g/mol. The van der Waals surface area contributed by atoms with Gasteiger partial charge in [-0.1, -0.05) is 36.4 Å². The van der Waals surface area contributed by atoms with Gasteiger partial charge in [-0.15, -0.1) is 0 Å². The highest BCUT2D eigenvalue weighted by Crippen LogP contribution is 2.25. The minimum absolute atomic E-state index is 1.05. The highest BCUT2D eigenvalue weighted by Gasteiger charge is 2.13. The fourth-order valence-electron chi connectivity index (χ4n) is 2.08. The standard InChI is InChI=1S/C14H10/c1-2-6-12-10-14-8-4-3-7-13(14)9-11(12)5-1/h1,4-8H,9-10H2. The molecule has 0 fully saturated rings. The molecule has 2 radical (unpaired) electrons. The van der Waals surface area contributed by atoms with E-state index in [1.807, 2.05) is 12.1 Å². The molecule has 0 heterocycles. The smallest absolute Gasteiger partial charge is 0.00198 e. The maximum atomic E-state index is 3.14. The van der Waals surface area contributed by atoms with Gasteiger partial charge < -0.3 is 0 Å². The quantitative estimate of drug-likeness (QED) is 0.496. The second kappa shape index (κ2) is 2.98. The Morgan fingerprint density at radius 1 is 0.714 bits per heavy atom. The Hall–Kier alpha value is -1.56. The monoisotopic (exact) mass is 178 g/mol. The maximum absolute atomic E-state index is 3.14. The molecule has 66 valence electrons. The SMILES string of the molecule is [c]1ccc2c(c1)Cc1cc[c]cc1C2. The van der Waals surface area contributed by atoms with Crippen LogP contribution in [-0.4, -0.2) is 0 Å². The second-order valence-corrected chi connectivity index (χ2v) is 3.74. The Bertz CT molecular complexity index is 381. The molecule has 0 amide bonds. The van der Waals surface area contributed by atoms with Crippen molar-refractivity contribution in [3.8, 4) is 0 Å². The van der Waals surface area contributed by atoms with E-state index in [-0.39, 0.29) is 0 Å². The molecule has 0 spiro atoms. The molecule has 0 saturated carbocycles. The first-order chi connectivity index (χ1) is 6.93. The summed E-state index contributed by atoms with van der Waals surface area (Å²) in [6.07, 6.45) is 2.10. The summed E-state index contributed by atoms with van der Waals surface area (Å²) in [5.74, 6) is 0. The van der Waals surface area contributed by atoms with Crippen LogP contribution in [0.15, 0.2) is 36.4 Å². The van der Waals surface area contributed by atoms with Gasteiger partial charge in [0.25, 0.3) is 0 Å². The van der Waals surface area contributed by atoms with Crippen molar-refractivity contribution in [1.29, 1.82) is 0 Å². The summed E-state index contributed by atoms with van der Waals surface area (Å²) in [7, 11) is 0. The van der Waals surface area contributed by atoms with E-state index >= 15 is 0 Å². The zero-order valence-electron chi connectivity index (χ0n) is 7.88. The van der Waals surface area contributed by atoms with Gasteiger partial charge in [0.2, 0.25) is 0 Å². The molecule has 0 nitrogen and oxygen atoms in total. The Morgan fingerprint density at radius 3 is 1.71 bits per heavy atom. The number of hydrogen-bond donors (Lipinski definition) is 0. The van der Waals surface area contributed by atoms with Crippen molar-refractivity contribution in [2.24, 2.45) is 0 Å². The van der Waals surface area contributed by atoms with Gasteiger partial charge in [-0.05, 0) is 47.2 Å². The molecule has 2 aromatic rings. The Kier molecular flexibility index (Phi) is 1.66. The largest absolute Gasteiger partial charge is 0.0578 e. The average Bonchev–Trinajstić information content (AvgIpc) is 2.26. The topological polar surface area (TPSA) is 0 Å². The van der Waals surface area contributed by atoms with Gasteiger partial charge in [0, 0.05) is 0 Å². The molecule has 2 aromatic carbocycles. The van der Waals surface area contributed by atoms with Crippen LogP contribution in [0.1, 0.15) is 22.3 Å². The summed E-state index contributed by atoms with van der Waals surface area (Å²) in [5.41, 5.74) is 5.73. The first-order valence-electron chi connectivity index (χ1n) is 4.89. The Labute approximate surface area is 84.2 Å². The van der Waals surface area contributed by atoms with E-state index < -0.39 is 0 Å². The van der Waals surface area contributed by atoms with E-state index in [2.05, 4.69) is 36.4 Å². The zero-order chi connectivity index (χ0) is 9.38. The summed E-state index contributed by atoms with van der Waals surface area (Å²) in [5, 5.41) is 0. The molecule has 0 atom stereocenters. The van der Waals surface area contributed by atoms with Gasteiger partial charge in [0.05, 0.1) is 0 Å². The highest BCUT2D eigenvalue weighted by atomic mass is 14.2. The van der Waals surface area contributed by atoms with Crippen molar-refractivity contribution < 1.29 is 0 Å². The third-order valence-corrected chi connectivity index (χ3v) is 2.86. The minimum Gasteiger partial charge on any atom is -0.0578 e. The minimum atomic E-state index is 1.05. The maximum Gasteiger partial charge on any atom is -0.00198 e. The predicted molar refractivity (Wildman–Crippen MR) is 56.2 cm³/mol. The van der Waals surface area contributed by atoms with E-state index in [4.69, 9.17) is 0 Å². The van der Waals surface area contributed by atoms with E-state index in [1.165, 1.54) is 22.3 Å². The predicted octanol–water partition coefficient (Wildman–Crippen LogP) is 2.78. The first-order valence-corrected chi connectivity index (χ1v) is 4.89. The molecule has 0 bridgehead atoms. The molecule has 0 saturated heterocycles. The summed E-state index contributed by atoms with van der Waals surface area (Å²) in [6.45, 7) is 0. The molecule has 14 heavy (non-hydrogen) atoms. The molecular formula is C14H10. The van der Waals surface area contributed by atoms with Gasteiger partial charge in [0.1, 0.15) is 0 Å². The normalized spacial score (nSPS) is 13.1. The molecule has 3 rings (SSSR count). The lowest BCUT2D eigenvalue weighted by molar-refractivity contribution is 1.00.